The predicted octanol–water partition coefficient (Wildman–Crippen LogP) is 7.89. The van der Waals surface area contributed by atoms with Crippen molar-refractivity contribution in [3.63, 3.8) is 0 Å². The van der Waals surface area contributed by atoms with Gasteiger partial charge in [-0.2, -0.15) is 11.8 Å². The van der Waals surface area contributed by atoms with E-state index < -0.39 is 6.10 Å². The highest BCUT2D eigenvalue weighted by atomic mass is 35.5. The molecular formula is C27H33Cl2NO2S. The van der Waals surface area contributed by atoms with E-state index in [0.717, 1.165) is 23.3 Å². The second kappa shape index (κ2) is 11.3. The standard InChI is InChI=1S/C27H33Cl2NO2S/c1-6-9-23-26(31)30(22(7-2)17-33-27(3,4)5)24(18-12-14-20(28)15-13-18)25(32-23)19-10-8-11-21(29)16-19/h6,8,10-16,22-25H,1,7,9,17H2,2-5H3/t22-,23-,24+,25+/m0/s1. The van der Waals surface area contributed by atoms with Crippen molar-refractivity contribution in [3.05, 3.63) is 82.4 Å². The Hall–Kier alpha value is -1.46. The van der Waals surface area contributed by atoms with Crippen molar-refractivity contribution in [1.82, 2.24) is 4.90 Å². The second-order valence-corrected chi connectivity index (χ2v) is 12.1. The Morgan fingerprint density at radius 2 is 1.82 bits per heavy atom. The van der Waals surface area contributed by atoms with Crippen LogP contribution in [0.2, 0.25) is 10.0 Å². The average Bonchev–Trinajstić information content (AvgIpc) is 2.76. The molecule has 2 aromatic carbocycles. The lowest BCUT2D eigenvalue weighted by Crippen LogP contribution is -2.55. The first kappa shape index (κ1) is 26.2. The summed E-state index contributed by atoms with van der Waals surface area (Å²) in [6, 6.07) is 15.2. The second-order valence-electron chi connectivity index (χ2n) is 9.35. The Morgan fingerprint density at radius 3 is 2.39 bits per heavy atom. The number of thioether (sulfide) groups is 1. The summed E-state index contributed by atoms with van der Waals surface area (Å²) in [6.07, 6.45) is 2.12. The van der Waals surface area contributed by atoms with Gasteiger partial charge in [0, 0.05) is 33.0 Å². The van der Waals surface area contributed by atoms with Crippen molar-refractivity contribution in [3.8, 4) is 0 Å². The maximum Gasteiger partial charge on any atom is 0.252 e. The molecule has 33 heavy (non-hydrogen) atoms. The maximum absolute atomic E-state index is 13.8. The summed E-state index contributed by atoms with van der Waals surface area (Å²) < 4.78 is 6.59. The van der Waals surface area contributed by atoms with Crippen LogP contribution >= 0.6 is 35.0 Å². The fourth-order valence-corrected chi connectivity index (χ4v) is 5.57. The third-order valence-corrected chi connectivity index (χ3v) is 7.67. The molecular weight excluding hydrogens is 473 g/mol. The molecule has 3 rings (SSSR count). The Bertz CT molecular complexity index is 957. The predicted molar refractivity (Wildman–Crippen MR) is 141 cm³/mol. The van der Waals surface area contributed by atoms with Crippen molar-refractivity contribution in [2.75, 3.05) is 5.75 Å². The van der Waals surface area contributed by atoms with Gasteiger partial charge < -0.3 is 9.64 Å². The summed E-state index contributed by atoms with van der Waals surface area (Å²) in [5.41, 5.74) is 1.95. The van der Waals surface area contributed by atoms with Gasteiger partial charge in [-0.15, -0.1) is 6.58 Å². The van der Waals surface area contributed by atoms with Crippen molar-refractivity contribution >= 4 is 40.9 Å². The molecule has 1 aliphatic heterocycles. The Labute approximate surface area is 212 Å². The number of ether oxygens (including phenoxy) is 1. The number of rotatable bonds is 8. The van der Waals surface area contributed by atoms with Gasteiger partial charge in [-0.1, -0.05) is 81.2 Å². The molecule has 0 aromatic heterocycles. The van der Waals surface area contributed by atoms with E-state index in [0.29, 0.717) is 16.5 Å². The van der Waals surface area contributed by atoms with Crippen molar-refractivity contribution in [2.45, 2.75) is 69.6 Å². The molecule has 3 nitrogen and oxygen atoms in total. The van der Waals surface area contributed by atoms with E-state index in [1.807, 2.05) is 60.3 Å². The minimum absolute atomic E-state index is 0.00878. The average molecular weight is 507 g/mol. The number of halogens is 2. The summed E-state index contributed by atoms with van der Waals surface area (Å²) in [4.78, 5) is 15.9. The van der Waals surface area contributed by atoms with Gasteiger partial charge in [0.25, 0.3) is 5.91 Å². The highest BCUT2D eigenvalue weighted by Crippen LogP contribution is 2.45. The summed E-state index contributed by atoms with van der Waals surface area (Å²) >= 11 is 14.4. The molecule has 1 aliphatic rings. The number of carbonyl (C=O) groups excluding carboxylic acids is 1. The Morgan fingerprint density at radius 1 is 1.12 bits per heavy atom. The number of amides is 1. The molecule has 0 aliphatic carbocycles. The van der Waals surface area contributed by atoms with E-state index in [1.54, 1.807) is 6.08 Å². The molecule has 1 fully saturated rings. The summed E-state index contributed by atoms with van der Waals surface area (Å²) in [5.74, 6) is 0.855. The fourth-order valence-electron chi connectivity index (χ4n) is 4.15. The molecule has 0 N–H and O–H groups in total. The van der Waals surface area contributed by atoms with Crippen molar-refractivity contribution in [2.24, 2.45) is 0 Å². The molecule has 0 unspecified atom stereocenters. The Balaban J connectivity index is 2.13. The number of hydrogen-bond acceptors (Lipinski definition) is 3. The zero-order chi connectivity index (χ0) is 24.2. The largest absolute Gasteiger partial charge is 0.358 e. The van der Waals surface area contributed by atoms with E-state index in [9.17, 15) is 4.79 Å². The third-order valence-electron chi connectivity index (χ3n) is 5.77. The lowest BCUT2D eigenvalue weighted by Gasteiger charge is -2.48. The minimum atomic E-state index is -0.580. The van der Waals surface area contributed by atoms with Crippen LogP contribution in [-0.2, 0) is 9.53 Å². The van der Waals surface area contributed by atoms with Gasteiger partial charge in [0.05, 0.1) is 6.04 Å². The first-order valence-corrected chi connectivity index (χ1v) is 13.1. The monoisotopic (exact) mass is 505 g/mol. The lowest BCUT2D eigenvalue weighted by molar-refractivity contribution is -0.178. The molecule has 0 radical (unpaired) electrons. The first-order valence-electron chi connectivity index (χ1n) is 11.4. The number of hydrogen-bond donors (Lipinski definition) is 0. The smallest absolute Gasteiger partial charge is 0.252 e. The minimum Gasteiger partial charge on any atom is -0.358 e. The van der Waals surface area contributed by atoms with Crippen LogP contribution in [-0.4, -0.2) is 33.5 Å². The van der Waals surface area contributed by atoms with E-state index in [-0.39, 0.29) is 28.8 Å². The molecule has 0 bridgehead atoms. The van der Waals surface area contributed by atoms with Crippen LogP contribution in [0.15, 0.2) is 61.2 Å². The van der Waals surface area contributed by atoms with Crippen LogP contribution in [0.4, 0.5) is 0 Å². The van der Waals surface area contributed by atoms with Crippen LogP contribution in [0.1, 0.15) is 63.8 Å². The van der Waals surface area contributed by atoms with E-state index >= 15 is 0 Å². The number of carbonyl (C=O) groups is 1. The van der Waals surface area contributed by atoms with Crippen molar-refractivity contribution < 1.29 is 9.53 Å². The SMILES string of the molecule is C=CC[C@@H]1O[C@H](c2cccc(Cl)c2)[C@@H](c2ccc(Cl)cc2)N([C@@H](CC)CSC(C)(C)C)C1=O. The fraction of sp³-hybridized carbons (Fsp3) is 0.444. The molecule has 4 atom stereocenters. The molecule has 178 valence electrons. The normalized spacial score (nSPS) is 22.3. The molecule has 1 amide bonds. The summed E-state index contributed by atoms with van der Waals surface area (Å²) in [7, 11) is 0. The highest BCUT2D eigenvalue weighted by molar-refractivity contribution is 8.00. The van der Waals surface area contributed by atoms with E-state index in [4.69, 9.17) is 27.9 Å². The van der Waals surface area contributed by atoms with Crippen LogP contribution in [0.3, 0.4) is 0 Å². The Kier molecular flexibility index (Phi) is 8.96. The molecule has 2 aromatic rings. The van der Waals surface area contributed by atoms with Gasteiger partial charge in [-0.05, 0) is 41.8 Å². The number of morpholine rings is 1. The zero-order valence-corrected chi connectivity index (χ0v) is 22.1. The van der Waals surface area contributed by atoms with Gasteiger partial charge in [-0.3, -0.25) is 4.79 Å². The van der Waals surface area contributed by atoms with Crippen LogP contribution < -0.4 is 0 Å². The summed E-state index contributed by atoms with van der Waals surface area (Å²) in [5, 5.41) is 1.30. The quantitative estimate of drug-likeness (QED) is 0.341. The van der Waals surface area contributed by atoms with Crippen LogP contribution in [0, 0.1) is 0 Å². The number of benzene rings is 2. The van der Waals surface area contributed by atoms with Crippen LogP contribution in [0.5, 0.6) is 0 Å². The molecule has 1 heterocycles. The van der Waals surface area contributed by atoms with Crippen LogP contribution in [0.25, 0.3) is 0 Å². The molecule has 0 spiro atoms. The lowest BCUT2D eigenvalue weighted by atomic mass is 9.89. The van der Waals surface area contributed by atoms with Gasteiger partial charge in [0.1, 0.15) is 12.2 Å². The molecule has 1 saturated heterocycles. The van der Waals surface area contributed by atoms with Gasteiger partial charge in [0.2, 0.25) is 0 Å². The molecule has 6 heteroatoms. The molecule has 0 saturated carbocycles. The zero-order valence-electron chi connectivity index (χ0n) is 19.8. The van der Waals surface area contributed by atoms with Gasteiger partial charge in [-0.25, -0.2) is 0 Å². The first-order chi connectivity index (χ1) is 15.6. The maximum atomic E-state index is 13.8. The van der Waals surface area contributed by atoms with E-state index in [2.05, 4.69) is 39.2 Å². The van der Waals surface area contributed by atoms with Gasteiger partial charge >= 0.3 is 0 Å². The van der Waals surface area contributed by atoms with Gasteiger partial charge in [0.15, 0.2) is 0 Å². The number of nitrogens with zero attached hydrogens (tertiary/aromatic N) is 1. The topological polar surface area (TPSA) is 29.5 Å². The summed E-state index contributed by atoms with van der Waals surface area (Å²) in [6.45, 7) is 12.6. The third kappa shape index (κ3) is 6.57. The van der Waals surface area contributed by atoms with Crippen molar-refractivity contribution in [1.29, 1.82) is 0 Å². The van der Waals surface area contributed by atoms with E-state index in [1.165, 1.54) is 0 Å². The highest BCUT2D eigenvalue weighted by Gasteiger charge is 2.46.